The predicted molar refractivity (Wildman–Crippen MR) is 131 cm³/mol. The van der Waals surface area contributed by atoms with E-state index in [1.807, 2.05) is 30.3 Å². The summed E-state index contributed by atoms with van der Waals surface area (Å²) in [6.07, 6.45) is 3.59. The number of pyridine rings is 3. The van der Waals surface area contributed by atoms with Crippen molar-refractivity contribution in [1.29, 1.82) is 0 Å². The molecule has 0 fully saturated rings. The first-order chi connectivity index (χ1) is 15.8. The van der Waals surface area contributed by atoms with Crippen LogP contribution in [0.15, 0.2) is 116 Å². The van der Waals surface area contributed by atoms with E-state index >= 15 is 0 Å². The minimum atomic E-state index is 0.952. The first kappa shape index (κ1) is 18.4. The zero-order valence-corrected chi connectivity index (χ0v) is 17.3. The van der Waals surface area contributed by atoms with Crippen LogP contribution in [0.25, 0.3) is 55.4 Å². The quantitative estimate of drug-likeness (QED) is 0.311. The Morgan fingerprint density at radius 2 is 1.03 bits per heavy atom. The average Bonchev–Trinajstić information content (AvgIpc) is 2.88. The molecule has 0 bridgehead atoms. The summed E-state index contributed by atoms with van der Waals surface area (Å²) in [4.78, 5) is 13.9. The van der Waals surface area contributed by atoms with E-state index in [2.05, 4.69) is 77.8 Å². The molecule has 3 aromatic carbocycles. The number of hydrogen-bond donors (Lipinski definition) is 0. The van der Waals surface area contributed by atoms with Gasteiger partial charge in [0.1, 0.15) is 0 Å². The van der Waals surface area contributed by atoms with E-state index in [1.54, 1.807) is 12.4 Å². The van der Waals surface area contributed by atoms with Crippen LogP contribution in [-0.2, 0) is 0 Å². The Morgan fingerprint density at radius 1 is 0.406 bits per heavy atom. The maximum atomic E-state index is 4.90. The van der Waals surface area contributed by atoms with Crippen LogP contribution in [0.1, 0.15) is 0 Å². The lowest BCUT2D eigenvalue weighted by atomic mass is 10.0. The lowest BCUT2D eigenvalue weighted by Crippen LogP contribution is -1.88. The SMILES string of the molecule is c1ccc(-c2ccc3cc(-c4ccc5ccc(-c6ccncc6)nc5c4)ccc3n2)cc1. The summed E-state index contributed by atoms with van der Waals surface area (Å²) in [5.41, 5.74) is 8.42. The fraction of sp³-hybridized carbons (Fsp3) is 0. The molecule has 6 rings (SSSR count). The summed E-state index contributed by atoms with van der Waals surface area (Å²) in [5, 5.41) is 2.25. The molecule has 0 saturated carbocycles. The second-order valence-corrected chi connectivity index (χ2v) is 7.81. The molecule has 0 atom stereocenters. The fourth-order valence-electron chi connectivity index (χ4n) is 4.06. The van der Waals surface area contributed by atoms with Gasteiger partial charge < -0.3 is 0 Å². The highest BCUT2D eigenvalue weighted by Gasteiger charge is 2.06. The molecule has 0 amide bonds. The van der Waals surface area contributed by atoms with Crippen molar-refractivity contribution in [3.8, 4) is 33.6 Å². The highest BCUT2D eigenvalue weighted by atomic mass is 14.7. The Morgan fingerprint density at radius 3 is 1.84 bits per heavy atom. The zero-order chi connectivity index (χ0) is 21.3. The van der Waals surface area contributed by atoms with Crippen LogP contribution in [0.3, 0.4) is 0 Å². The van der Waals surface area contributed by atoms with E-state index < -0.39 is 0 Å². The van der Waals surface area contributed by atoms with Crippen LogP contribution in [0.5, 0.6) is 0 Å². The molecule has 3 heterocycles. The Labute approximate surface area is 186 Å². The monoisotopic (exact) mass is 409 g/mol. The maximum absolute atomic E-state index is 4.90. The summed E-state index contributed by atoms with van der Waals surface area (Å²) in [7, 11) is 0. The minimum Gasteiger partial charge on any atom is -0.265 e. The van der Waals surface area contributed by atoms with E-state index in [0.717, 1.165) is 55.4 Å². The number of rotatable bonds is 3. The number of benzene rings is 3. The fourth-order valence-corrected chi connectivity index (χ4v) is 4.06. The molecule has 3 nitrogen and oxygen atoms in total. The predicted octanol–water partition coefficient (Wildman–Crippen LogP) is 7.18. The molecular formula is C29H19N3. The number of hydrogen-bond acceptors (Lipinski definition) is 3. The molecule has 3 aromatic heterocycles. The number of fused-ring (bicyclic) bond motifs is 2. The third-order valence-corrected chi connectivity index (χ3v) is 5.76. The second kappa shape index (κ2) is 7.71. The van der Waals surface area contributed by atoms with Gasteiger partial charge in [0.25, 0.3) is 0 Å². The Kier molecular flexibility index (Phi) is 4.43. The summed E-state index contributed by atoms with van der Waals surface area (Å²) in [5.74, 6) is 0. The van der Waals surface area contributed by atoms with Crippen LogP contribution in [-0.4, -0.2) is 15.0 Å². The van der Waals surface area contributed by atoms with Gasteiger partial charge in [-0.05, 0) is 53.6 Å². The van der Waals surface area contributed by atoms with Gasteiger partial charge in [-0.25, -0.2) is 9.97 Å². The minimum absolute atomic E-state index is 0.952. The Hall–Kier alpha value is -4.37. The van der Waals surface area contributed by atoms with Gasteiger partial charge in [-0.2, -0.15) is 0 Å². The molecule has 0 saturated heterocycles. The van der Waals surface area contributed by atoms with Crippen LogP contribution in [0.4, 0.5) is 0 Å². The van der Waals surface area contributed by atoms with E-state index in [9.17, 15) is 0 Å². The van der Waals surface area contributed by atoms with Gasteiger partial charge in [-0.15, -0.1) is 0 Å². The van der Waals surface area contributed by atoms with Crippen LogP contribution >= 0.6 is 0 Å². The highest BCUT2D eigenvalue weighted by Crippen LogP contribution is 2.29. The molecule has 0 N–H and O–H groups in total. The topological polar surface area (TPSA) is 38.7 Å². The summed E-state index contributed by atoms with van der Waals surface area (Å²) in [6.45, 7) is 0. The second-order valence-electron chi connectivity index (χ2n) is 7.81. The third-order valence-electron chi connectivity index (χ3n) is 5.76. The van der Waals surface area contributed by atoms with Gasteiger partial charge in [0, 0.05) is 34.3 Å². The molecule has 0 aliphatic rings. The number of nitrogens with zero attached hydrogens (tertiary/aromatic N) is 3. The van der Waals surface area contributed by atoms with Crippen LogP contribution < -0.4 is 0 Å². The van der Waals surface area contributed by atoms with Crippen molar-refractivity contribution >= 4 is 21.8 Å². The molecule has 0 radical (unpaired) electrons. The first-order valence-corrected chi connectivity index (χ1v) is 10.6. The van der Waals surface area contributed by atoms with Gasteiger partial charge in [-0.3, -0.25) is 4.98 Å². The molecule has 0 unspecified atom stereocenters. The maximum Gasteiger partial charge on any atom is 0.0715 e. The zero-order valence-electron chi connectivity index (χ0n) is 17.3. The lowest BCUT2D eigenvalue weighted by Gasteiger charge is -2.08. The van der Waals surface area contributed by atoms with Crippen molar-refractivity contribution in [3.63, 3.8) is 0 Å². The van der Waals surface area contributed by atoms with Crippen molar-refractivity contribution in [1.82, 2.24) is 15.0 Å². The third kappa shape index (κ3) is 3.40. The smallest absolute Gasteiger partial charge is 0.0715 e. The van der Waals surface area contributed by atoms with Crippen LogP contribution in [0, 0.1) is 0 Å². The normalized spacial score (nSPS) is 11.1. The van der Waals surface area contributed by atoms with E-state index in [1.165, 1.54) is 0 Å². The number of aromatic nitrogens is 3. The standard InChI is InChI=1S/C29H19N3/c1-2-4-20(5-3-1)26-13-10-25-18-23(9-12-28(25)31-26)24-7-6-21-8-11-27(32-29(21)19-24)22-14-16-30-17-15-22/h1-19H. The van der Waals surface area contributed by atoms with E-state index in [0.29, 0.717) is 0 Å². The van der Waals surface area contributed by atoms with Gasteiger partial charge in [0.05, 0.1) is 22.4 Å². The van der Waals surface area contributed by atoms with Crippen LogP contribution in [0.2, 0.25) is 0 Å². The molecular weight excluding hydrogens is 390 g/mol. The van der Waals surface area contributed by atoms with Crippen molar-refractivity contribution < 1.29 is 0 Å². The van der Waals surface area contributed by atoms with Gasteiger partial charge in [-0.1, -0.05) is 60.7 Å². The lowest BCUT2D eigenvalue weighted by molar-refractivity contribution is 1.31. The van der Waals surface area contributed by atoms with Gasteiger partial charge in [0.2, 0.25) is 0 Å². The highest BCUT2D eigenvalue weighted by molar-refractivity contribution is 5.90. The Bertz CT molecular complexity index is 1560. The molecule has 0 aliphatic carbocycles. The van der Waals surface area contributed by atoms with Gasteiger partial charge >= 0.3 is 0 Å². The Balaban J connectivity index is 1.40. The van der Waals surface area contributed by atoms with Crippen molar-refractivity contribution in [2.75, 3.05) is 0 Å². The molecule has 32 heavy (non-hydrogen) atoms. The molecule has 6 aromatic rings. The molecule has 3 heteroatoms. The largest absolute Gasteiger partial charge is 0.265 e. The summed E-state index contributed by atoms with van der Waals surface area (Å²) < 4.78 is 0. The van der Waals surface area contributed by atoms with E-state index in [4.69, 9.17) is 9.97 Å². The van der Waals surface area contributed by atoms with Crippen molar-refractivity contribution in [2.24, 2.45) is 0 Å². The average molecular weight is 409 g/mol. The van der Waals surface area contributed by atoms with Crippen molar-refractivity contribution in [2.45, 2.75) is 0 Å². The van der Waals surface area contributed by atoms with E-state index in [-0.39, 0.29) is 0 Å². The first-order valence-electron chi connectivity index (χ1n) is 10.6. The summed E-state index contributed by atoms with van der Waals surface area (Å²) in [6, 6.07) is 35.5. The molecule has 0 spiro atoms. The van der Waals surface area contributed by atoms with Gasteiger partial charge in [0.15, 0.2) is 0 Å². The van der Waals surface area contributed by atoms with Crippen molar-refractivity contribution in [3.05, 3.63) is 116 Å². The summed E-state index contributed by atoms with van der Waals surface area (Å²) >= 11 is 0. The molecule has 150 valence electrons. The molecule has 0 aliphatic heterocycles.